The topological polar surface area (TPSA) is 38.0 Å². The number of nitrogens with zero attached hydrogens (tertiary/aromatic N) is 2. The van der Waals surface area contributed by atoms with Crippen molar-refractivity contribution in [2.75, 3.05) is 0 Å². The van der Waals surface area contributed by atoms with Crippen LogP contribution in [0.15, 0.2) is 30.7 Å². The van der Waals surface area contributed by atoms with Crippen molar-refractivity contribution in [2.24, 2.45) is 0 Å². The van der Waals surface area contributed by atoms with E-state index in [0.717, 1.165) is 5.69 Å². The second kappa shape index (κ2) is 3.87. The summed E-state index contributed by atoms with van der Waals surface area (Å²) in [5.41, 5.74) is 4.22. The molecule has 0 atom stereocenters. The van der Waals surface area contributed by atoms with Gasteiger partial charge in [0, 0.05) is 11.9 Å². The van der Waals surface area contributed by atoms with E-state index in [1.807, 2.05) is 10.8 Å². The van der Waals surface area contributed by atoms with Crippen LogP contribution in [0.1, 0.15) is 16.8 Å². The standard InChI is InChI=1S/C12H14N2O/c1-9-3-10(2)5-12(4-9)14-6-11(7-15)13-8-14/h3-6,8,15H,7H2,1-2H3. The van der Waals surface area contributed by atoms with Crippen LogP contribution in [0.5, 0.6) is 0 Å². The second-order valence-corrected chi connectivity index (χ2v) is 3.78. The summed E-state index contributed by atoms with van der Waals surface area (Å²) < 4.78 is 1.92. The Balaban J connectivity index is 2.44. The molecule has 0 aliphatic heterocycles. The zero-order valence-electron chi connectivity index (χ0n) is 8.94. The molecule has 78 valence electrons. The van der Waals surface area contributed by atoms with Gasteiger partial charge in [0.05, 0.1) is 18.6 Å². The van der Waals surface area contributed by atoms with Crippen LogP contribution in [0.3, 0.4) is 0 Å². The third kappa shape index (κ3) is 2.07. The first kappa shape index (κ1) is 9.93. The first-order valence-corrected chi connectivity index (χ1v) is 4.91. The molecule has 3 heteroatoms. The van der Waals surface area contributed by atoms with E-state index in [1.165, 1.54) is 11.1 Å². The molecule has 2 aromatic rings. The molecule has 1 aromatic heterocycles. The van der Waals surface area contributed by atoms with E-state index in [1.54, 1.807) is 6.33 Å². The van der Waals surface area contributed by atoms with Gasteiger partial charge in [-0.05, 0) is 37.1 Å². The summed E-state index contributed by atoms with van der Waals surface area (Å²) in [7, 11) is 0. The zero-order valence-corrected chi connectivity index (χ0v) is 8.94. The van der Waals surface area contributed by atoms with Crippen molar-refractivity contribution in [1.29, 1.82) is 0 Å². The summed E-state index contributed by atoms with van der Waals surface area (Å²) in [4.78, 5) is 4.08. The van der Waals surface area contributed by atoms with Gasteiger partial charge < -0.3 is 9.67 Å². The predicted molar refractivity (Wildman–Crippen MR) is 59.0 cm³/mol. The molecule has 1 N–H and O–H groups in total. The number of aliphatic hydroxyl groups is 1. The molecule has 15 heavy (non-hydrogen) atoms. The van der Waals surface area contributed by atoms with Crippen LogP contribution in [0, 0.1) is 13.8 Å². The van der Waals surface area contributed by atoms with Crippen LogP contribution in [0.2, 0.25) is 0 Å². The lowest BCUT2D eigenvalue weighted by atomic mass is 10.1. The van der Waals surface area contributed by atoms with Crippen molar-refractivity contribution in [3.8, 4) is 5.69 Å². The third-order valence-electron chi connectivity index (χ3n) is 2.30. The molecular weight excluding hydrogens is 188 g/mol. The molecule has 1 aromatic carbocycles. The molecule has 1 heterocycles. The molecule has 0 aliphatic rings. The first-order valence-electron chi connectivity index (χ1n) is 4.91. The predicted octanol–water partition coefficient (Wildman–Crippen LogP) is 1.98. The maximum atomic E-state index is 8.93. The highest BCUT2D eigenvalue weighted by molar-refractivity contribution is 5.39. The number of hydrogen-bond acceptors (Lipinski definition) is 2. The molecule has 0 radical (unpaired) electrons. The van der Waals surface area contributed by atoms with E-state index in [2.05, 4.69) is 37.0 Å². The minimum absolute atomic E-state index is 0.0161. The maximum Gasteiger partial charge on any atom is 0.0996 e. The lowest BCUT2D eigenvalue weighted by molar-refractivity contribution is 0.277. The SMILES string of the molecule is Cc1cc(C)cc(-n2cnc(CO)c2)c1. The highest BCUT2D eigenvalue weighted by Crippen LogP contribution is 2.13. The van der Waals surface area contributed by atoms with Gasteiger partial charge >= 0.3 is 0 Å². The van der Waals surface area contributed by atoms with E-state index >= 15 is 0 Å². The fourth-order valence-electron chi connectivity index (χ4n) is 1.69. The van der Waals surface area contributed by atoms with Gasteiger partial charge in [-0.25, -0.2) is 4.98 Å². The maximum absolute atomic E-state index is 8.93. The summed E-state index contributed by atoms with van der Waals surface area (Å²) in [5.74, 6) is 0. The van der Waals surface area contributed by atoms with Crippen LogP contribution in [-0.4, -0.2) is 14.7 Å². The summed E-state index contributed by atoms with van der Waals surface area (Å²) in [6.07, 6.45) is 3.56. The van der Waals surface area contributed by atoms with Gasteiger partial charge in [0.1, 0.15) is 0 Å². The van der Waals surface area contributed by atoms with Gasteiger partial charge in [-0.15, -0.1) is 0 Å². The third-order valence-corrected chi connectivity index (χ3v) is 2.30. The Hall–Kier alpha value is -1.61. The van der Waals surface area contributed by atoms with Crippen molar-refractivity contribution >= 4 is 0 Å². The molecule has 3 nitrogen and oxygen atoms in total. The summed E-state index contributed by atoms with van der Waals surface area (Å²) in [6.45, 7) is 4.12. The van der Waals surface area contributed by atoms with E-state index in [0.29, 0.717) is 5.69 Å². The molecule has 0 saturated carbocycles. The van der Waals surface area contributed by atoms with Gasteiger partial charge in [0.15, 0.2) is 0 Å². The van der Waals surface area contributed by atoms with Crippen molar-refractivity contribution in [1.82, 2.24) is 9.55 Å². The number of rotatable bonds is 2. The van der Waals surface area contributed by atoms with Crippen molar-refractivity contribution in [2.45, 2.75) is 20.5 Å². The number of benzene rings is 1. The van der Waals surface area contributed by atoms with Gasteiger partial charge in [0.25, 0.3) is 0 Å². The van der Waals surface area contributed by atoms with E-state index in [-0.39, 0.29) is 6.61 Å². The Morgan fingerprint density at radius 1 is 1.20 bits per heavy atom. The molecule has 0 aliphatic carbocycles. The van der Waals surface area contributed by atoms with Gasteiger partial charge in [-0.2, -0.15) is 0 Å². The highest BCUT2D eigenvalue weighted by Gasteiger charge is 2.00. The van der Waals surface area contributed by atoms with E-state index in [4.69, 9.17) is 5.11 Å². The monoisotopic (exact) mass is 202 g/mol. The fraction of sp³-hybridized carbons (Fsp3) is 0.250. The lowest BCUT2D eigenvalue weighted by Gasteiger charge is -2.04. The Labute approximate surface area is 89.0 Å². The molecule has 0 spiro atoms. The summed E-state index contributed by atoms with van der Waals surface area (Å²) in [5, 5.41) is 8.93. The Morgan fingerprint density at radius 3 is 2.40 bits per heavy atom. The molecular formula is C12H14N2O. The first-order chi connectivity index (χ1) is 7.19. The van der Waals surface area contributed by atoms with Crippen molar-refractivity contribution in [3.63, 3.8) is 0 Å². The van der Waals surface area contributed by atoms with Crippen LogP contribution < -0.4 is 0 Å². The van der Waals surface area contributed by atoms with E-state index < -0.39 is 0 Å². The van der Waals surface area contributed by atoms with Gasteiger partial charge in [-0.1, -0.05) is 6.07 Å². The minimum Gasteiger partial charge on any atom is -0.390 e. The zero-order chi connectivity index (χ0) is 10.8. The van der Waals surface area contributed by atoms with Crippen molar-refractivity contribution < 1.29 is 5.11 Å². The Bertz CT molecular complexity index is 454. The molecule has 0 fully saturated rings. The molecule has 0 amide bonds. The molecule has 0 unspecified atom stereocenters. The smallest absolute Gasteiger partial charge is 0.0996 e. The largest absolute Gasteiger partial charge is 0.390 e. The lowest BCUT2D eigenvalue weighted by Crippen LogP contribution is -1.92. The van der Waals surface area contributed by atoms with Crippen LogP contribution in [-0.2, 0) is 6.61 Å². The average Bonchev–Trinajstić information content (AvgIpc) is 2.64. The van der Waals surface area contributed by atoms with Gasteiger partial charge in [-0.3, -0.25) is 0 Å². The number of aliphatic hydroxyl groups excluding tert-OH is 1. The number of aromatic nitrogens is 2. The molecule has 2 rings (SSSR count). The number of aryl methyl sites for hydroxylation is 2. The normalized spacial score (nSPS) is 10.6. The Kier molecular flexibility index (Phi) is 2.56. The second-order valence-electron chi connectivity index (χ2n) is 3.78. The highest BCUT2D eigenvalue weighted by atomic mass is 16.3. The van der Waals surface area contributed by atoms with Crippen molar-refractivity contribution in [3.05, 3.63) is 47.5 Å². The minimum atomic E-state index is -0.0161. The number of hydrogen-bond donors (Lipinski definition) is 1. The molecule has 0 bridgehead atoms. The Morgan fingerprint density at radius 2 is 1.87 bits per heavy atom. The summed E-state index contributed by atoms with van der Waals surface area (Å²) >= 11 is 0. The van der Waals surface area contributed by atoms with Crippen LogP contribution in [0.4, 0.5) is 0 Å². The van der Waals surface area contributed by atoms with Crippen LogP contribution >= 0.6 is 0 Å². The van der Waals surface area contributed by atoms with Crippen LogP contribution in [0.25, 0.3) is 5.69 Å². The molecule has 0 saturated heterocycles. The fourth-order valence-corrected chi connectivity index (χ4v) is 1.69. The quantitative estimate of drug-likeness (QED) is 0.808. The van der Waals surface area contributed by atoms with E-state index in [9.17, 15) is 0 Å². The summed E-state index contributed by atoms with van der Waals surface area (Å²) in [6, 6.07) is 6.32. The van der Waals surface area contributed by atoms with Gasteiger partial charge in [0.2, 0.25) is 0 Å². The number of imidazole rings is 1. The average molecular weight is 202 g/mol.